The van der Waals surface area contributed by atoms with Crippen molar-refractivity contribution in [1.29, 1.82) is 0 Å². The Morgan fingerprint density at radius 1 is 1.58 bits per heavy atom. The van der Waals surface area contributed by atoms with Crippen LogP contribution in [-0.4, -0.2) is 0 Å². The summed E-state index contributed by atoms with van der Waals surface area (Å²) in [7, 11) is 0. The second-order valence-corrected chi connectivity index (χ2v) is 3.36. The van der Waals surface area contributed by atoms with Gasteiger partial charge in [0.05, 0.1) is 0 Å². The summed E-state index contributed by atoms with van der Waals surface area (Å²) >= 11 is 3.23. The molecule has 0 aliphatic rings. The maximum atomic E-state index is 13.1. The van der Waals surface area contributed by atoms with Gasteiger partial charge in [0.2, 0.25) is 0 Å². The molecule has 1 rings (SSSR count). The Balaban J connectivity index is 3.04. The second kappa shape index (κ2) is 3.98. The number of halogens is 2. The number of rotatable bonds is 2. The smallest absolute Gasteiger partial charge is 0.129 e. The molecule has 2 N–H and O–H groups in total. The third-order valence-electron chi connectivity index (χ3n) is 1.60. The Kier molecular flexibility index (Phi) is 3.20. The van der Waals surface area contributed by atoms with Gasteiger partial charge in [0, 0.05) is 10.0 Å². The lowest BCUT2D eigenvalue weighted by Gasteiger charge is -2.09. The molecule has 0 bridgehead atoms. The molecule has 1 aromatic rings. The zero-order valence-corrected chi connectivity index (χ0v) is 8.14. The molecular weight excluding hydrogens is 225 g/mol. The molecule has 2 nitrogen and oxygen atoms in total. The monoisotopic (exact) mass is 233 g/mol. The van der Waals surface area contributed by atoms with Crippen molar-refractivity contribution in [3.8, 4) is 0 Å². The summed E-state index contributed by atoms with van der Waals surface area (Å²) in [5.74, 6) is 4.63. The van der Waals surface area contributed by atoms with E-state index in [0.717, 1.165) is 4.47 Å². The summed E-state index contributed by atoms with van der Waals surface area (Å²) < 4.78 is 13.9. The normalized spacial score (nSPS) is 13.0. The maximum Gasteiger partial charge on any atom is 0.129 e. The predicted molar refractivity (Wildman–Crippen MR) is 47.8 cm³/mol. The molecule has 0 aromatic heterocycles. The van der Waals surface area contributed by atoms with E-state index in [0.29, 0.717) is 5.56 Å². The molecule has 0 radical (unpaired) electrons. The molecule has 0 saturated heterocycles. The van der Waals surface area contributed by atoms with E-state index in [2.05, 4.69) is 20.8 Å². The first kappa shape index (κ1) is 9.64. The van der Waals surface area contributed by atoms with Crippen molar-refractivity contribution in [1.82, 2.24) is 0 Å². The molecule has 0 fully saturated rings. The van der Waals surface area contributed by atoms with Crippen LogP contribution < -0.4 is 5.90 Å². The van der Waals surface area contributed by atoms with Crippen LogP contribution in [0.5, 0.6) is 0 Å². The summed E-state index contributed by atoms with van der Waals surface area (Å²) in [6.45, 7) is 1.69. The SMILES string of the molecule is CC(ON)c1cc(Br)ccc1F. The highest BCUT2D eigenvalue weighted by Gasteiger charge is 2.10. The van der Waals surface area contributed by atoms with Crippen molar-refractivity contribution < 1.29 is 9.23 Å². The fraction of sp³-hybridized carbons (Fsp3) is 0.250. The molecule has 1 aromatic carbocycles. The molecule has 1 unspecified atom stereocenters. The third kappa shape index (κ3) is 2.03. The number of benzene rings is 1. The fourth-order valence-electron chi connectivity index (χ4n) is 0.899. The molecule has 66 valence electrons. The van der Waals surface area contributed by atoms with Gasteiger partial charge < -0.3 is 0 Å². The summed E-state index contributed by atoms with van der Waals surface area (Å²) in [4.78, 5) is 4.51. The third-order valence-corrected chi connectivity index (χ3v) is 2.09. The number of hydrogen-bond acceptors (Lipinski definition) is 2. The van der Waals surface area contributed by atoms with E-state index in [1.54, 1.807) is 19.1 Å². The predicted octanol–water partition coefficient (Wildman–Crippen LogP) is 2.54. The molecule has 1 atom stereocenters. The molecule has 0 aliphatic heterocycles. The minimum atomic E-state index is -0.428. The van der Waals surface area contributed by atoms with Crippen molar-refractivity contribution in [3.05, 3.63) is 34.1 Å². The van der Waals surface area contributed by atoms with Crippen LogP contribution in [0.2, 0.25) is 0 Å². The highest BCUT2D eigenvalue weighted by Crippen LogP contribution is 2.22. The van der Waals surface area contributed by atoms with Crippen molar-refractivity contribution in [2.45, 2.75) is 13.0 Å². The lowest BCUT2D eigenvalue weighted by atomic mass is 10.1. The van der Waals surface area contributed by atoms with Gasteiger partial charge in [0.15, 0.2) is 0 Å². The highest BCUT2D eigenvalue weighted by atomic mass is 79.9. The van der Waals surface area contributed by atoms with Crippen LogP contribution in [-0.2, 0) is 4.84 Å². The first-order valence-electron chi connectivity index (χ1n) is 3.45. The van der Waals surface area contributed by atoms with Gasteiger partial charge in [-0.2, -0.15) is 0 Å². The molecule has 0 saturated carbocycles. The summed E-state index contributed by atoms with van der Waals surface area (Å²) in [6, 6.07) is 4.64. The zero-order chi connectivity index (χ0) is 9.14. The minimum absolute atomic E-state index is 0.309. The summed E-state index contributed by atoms with van der Waals surface area (Å²) in [5.41, 5.74) is 0.451. The fourth-order valence-corrected chi connectivity index (χ4v) is 1.28. The Bertz CT molecular complexity index is 280. The van der Waals surface area contributed by atoms with Gasteiger partial charge >= 0.3 is 0 Å². The van der Waals surface area contributed by atoms with E-state index in [1.807, 2.05) is 0 Å². The first-order chi connectivity index (χ1) is 5.65. The van der Waals surface area contributed by atoms with E-state index in [9.17, 15) is 4.39 Å². The van der Waals surface area contributed by atoms with Gasteiger partial charge in [-0.15, -0.1) is 0 Å². The molecule has 0 spiro atoms. The lowest BCUT2D eigenvalue weighted by Crippen LogP contribution is -2.07. The quantitative estimate of drug-likeness (QED) is 0.798. The van der Waals surface area contributed by atoms with E-state index in [4.69, 9.17) is 5.90 Å². The van der Waals surface area contributed by atoms with Crippen molar-refractivity contribution >= 4 is 15.9 Å². The van der Waals surface area contributed by atoms with Crippen molar-refractivity contribution in [2.24, 2.45) is 5.90 Å². The van der Waals surface area contributed by atoms with Gasteiger partial charge in [0.1, 0.15) is 11.9 Å². The van der Waals surface area contributed by atoms with Gasteiger partial charge in [-0.05, 0) is 25.1 Å². The molecule has 4 heteroatoms. The average molecular weight is 234 g/mol. The summed E-state index contributed by atoms with van der Waals surface area (Å²) in [5, 5.41) is 0. The Hall–Kier alpha value is -0.450. The van der Waals surface area contributed by atoms with Crippen LogP contribution >= 0.6 is 15.9 Å². The van der Waals surface area contributed by atoms with Crippen molar-refractivity contribution in [2.75, 3.05) is 0 Å². The van der Waals surface area contributed by atoms with Gasteiger partial charge in [0.25, 0.3) is 0 Å². The molecular formula is C8H9BrFNO. The Morgan fingerprint density at radius 2 is 2.25 bits per heavy atom. The van der Waals surface area contributed by atoms with Crippen LogP contribution in [0.3, 0.4) is 0 Å². The standard InChI is InChI=1S/C8H9BrFNO/c1-5(12-11)7-4-6(9)2-3-8(7)10/h2-5H,11H2,1H3. The van der Waals surface area contributed by atoms with E-state index in [-0.39, 0.29) is 5.82 Å². The van der Waals surface area contributed by atoms with Gasteiger partial charge in [-0.25, -0.2) is 10.3 Å². The van der Waals surface area contributed by atoms with Gasteiger partial charge in [-0.3, -0.25) is 4.84 Å². The highest BCUT2D eigenvalue weighted by molar-refractivity contribution is 9.10. The molecule has 0 aliphatic carbocycles. The minimum Gasteiger partial charge on any atom is -0.297 e. The van der Waals surface area contributed by atoms with Crippen LogP contribution in [0.15, 0.2) is 22.7 Å². The van der Waals surface area contributed by atoms with Crippen LogP contribution in [0, 0.1) is 5.82 Å². The number of hydrogen-bond donors (Lipinski definition) is 1. The second-order valence-electron chi connectivity index (χ2n) is 2.44. The topological polar surface area (TPSA) is 35.2 Å². The maximum absolute atomic E-state index is 13.1. The van der Waals surface area contributed by atoms with Crippen LogP contribution in [0.25, 0.3) is 0 Å². The van der Waals surface area contributed by atoms with E-state index >= 15 is 0 Å². The van der Waals surface area contributed by atoms with Crippen LogP contribution in [0.1, 0.15) is 18.6 Å². The number of nitrogens with two attached hydrogens (primary N) is 1. The molecule has 0 amide bonds. The van der Waals surface area contributed by atoms with E-state index < -0.39 is 6.10 Å². The molecule has 0 heterocycles. The van der Waals surface area contributed by atoms with Crippen LogP contribution in [0.4, 0.5) is 4.39 Å². The average Bonchev–Trinajstić information content (AvgIpc) is 2.08. The summed E-state index contributed by atoms with van der Waals surface area (Å²) in [6.07, 6.45) is -0.428. The largest absolute Gasteiger partial charge is 0.297 e. The van der Waals surface area contributed by atoms with Crippen molar-refractivity contribution in [3.63, 3.8) is 0 Å². The van der Waals surface area contributed by atoms with Gasteiger partial charge in [-0.1, -0.05) is 15.9 Å². The zero-order valence-electron chi connectivity index (χ0n) is 6.55. The van der Waals surface area contributed by atoms with E-state index in [1.165, 1.54) is 6.07 Å². The Morgan fingerprint density at radius 3 is 2.83 bits per heavy atom. The molecule has 12 heavy (non-hydrogen) atoms. The lowest BCUT2D eigenvalue weighted by molar-refractivity contribution is 0.0638. The Labute approximate surface area is 78.6 Å². The first-order valence-corrected chi connectivity index (χ1v) is 4.25.